The molecule has 5 heteroatoms. The number of hydrogen-bond acceptors (Lipinski definition) is 2. The summed E-state index contributed by atoms with van der Waals surface area (Å²) in [4.78, 5) is 16.1. The van der Waals surface area contributed by atoms with Gasteiger partial charge in [-0.1, -0.05) is 13.0 Å². The first-order valence-electron chi connectivity index (χ1n) is 7.75. The van der Waals surface area contributed by atoms with E-state index in [1.807, 2.05) is 6.07 Å². The first-order valence-corrected chi connectivity index (χ1v) is 8.56. The van der Waals surface area contributed by atoms with Gasteiger partial charge in [0.1, 0.15) is 11.6 Å². The van der Waals surface area contributed by atoms with E-state index in [-0.39, 0.29) is 12.5 Å². The molecule has 0 bridgehead atoms. The summed E-state index contributed by atoms with van der Waals surface area (Å²) in [5.74, 6) is -0.684. The lowest BCUT2D eigenvalue weighted by molar-refractivity contribution is 0.0788. The number of benzene rings is 1. The van der Waals surface area contributed by atoms with Gasteiger partial charge >= 0.3 is 0 Å². The lowest BCUT2D eigenvalue weighted by atomic mass is 9.90. The molecule has 1 amide bonds. The van der Waals surface area contributed by atoms with E-state index in [0.29, 0.717) is 16.4 Å². The zero-order valence-corrected chi connectivity index (χ0v) is 14.1. The number of nitrogens with zero attached hydrogens (tertiary/aromatic N) is 1. The second-order valence-electron chi connectivity index (χ2n) is 6.30. The minimum atomic E-state index is -0.621. The third-order valence-electron chi connectivity index (χ3n) is 4.31. The van der Waals surface area contributed by atoms with E-state index in [2.05, 4.69) is 6.92 Å². The van der Waals surface area contributed by atoms with Gasteiger partial charge in [-0.15, -0.1) is 11.3 Å². The van der Waals surface area contributed by atoms with Crippen molar-refractivity contribution in [3.63, 3.8) is 0 Å². The van der Waals surface area contributed by atoms with E-state index in [4.69, 9.17) is 0 Å². The molecule has 0 spiro atoms. The van der Waals surface area contributed by atoms with Crippen LogP contribution in [0.2, 0.25) is 0 Å². The second kappa shape index (κ2) is 6.40. The van der Waals surface area contributed by atoms with Crippen molar-refractivity contribution in [2.75, 3.05) is 7.05 Å². The topological polar surface area (TPSA) is 20.3 Å². The van der Waals surface area contributed by atoms with Crippen LogP contribution in [0.3, 0.4) is 0 Å². The smallest absolute Gasteiger partial charge is 0.263 e. The largest absolute Gasteiger partial charge is 0.337 e. The molecule has 0 radical (unpaired) electrons. The molecular weight excluding hydrogens is 316 g/mol. The van der Waals surface area contributed by atoms with Crippen LogP contribution in [-0.4, -0.2) is 17.9 Å². The molecule has 1 heterocycles. The van der Waals surface area contributed by atoms with Crippen LogP contribution in [0.4, 0.5) is 8.78 Å². The van der Waals surface area contributed by atoms with Crippen LogP contribution in [0.25, 0.3) is 0 Å². The van der Waals surface area contributed by atoms with Crippen molar-refractivity contribution >= 4 is 17.2 Å². The summed E-state index contributed by atoms with van der Waals surface area (Å²) in [5.41, 5.74) is 1.59. The minimum absolute atomic E-state index is 0.110. The minimum Gasteiger partial charge on any atom is -0.337 e. The molecule has 2 nitrogen and oxygen atoms in total. The number of carbonyl (C=O) groups is 1. The maximum Gasteiger partial charge on any atom is 0.263 e. The molecule has 1 unspecified atom stereocenters. The van der Waals surface area contributed by atoms with E-state index < -0.39 is 11.6 Å². The second-order valence-corrected chi connectivity index (χ2v) is 7.44. The zero-order valence-electron chi connectivity index (χ0n) is 13.2. The molecule has 1 aromatic heterocycles. The molecule has 122 valence electrons. The normalized spacial score (nSPS) is 17.0. The van der Waals surface area contributed by atoms with Crippen molar-refractivity contribution < 1.29 is 13.6 Å². The average Bonchev–Trinajstić information content (AvgIpc) is 2.92. The van der Waals surface area contributed by atoms with Gasteiger partial charge in [0.2, 0.25) is 0 Å². The van der Waals surface area contributed by atoms with Crippen LogP contribution >= 0.6 is 11.3 Å². The van der Waals surface area contributed by atoms with Gasteiger partial charge in [0.05, 0.1) is 4.88 Å². The Kier molecular flexibility index (Phi) is 4.48. The highest BCUT2D eigenvalue weighted by molar-refractivity contribution is 7.14. The standard InChI is InChI=1S/C18H19F2NOS/c1-11-3-6-16-13(7-11)8-17(23-16)18(22)21(2)10-12-4-5-14(19)9-15(12)20/h4-5,8-9,11H,3,6-7,10H2,1-2H3. The summed E-state index contributed by atoms with van der Waals surface area (Å²) in [6, 6.07) is 5.42. The van der Waals surface area contributed by atoms with Crippen LogP contribution in [0.15, 0.2) is 24.3 Å². The summed E-state index contributed by atoms with van der Waals surface area (Å²) >= 11 is 1.55. The number of fused-ring (bicyclic) bond motifs is 1. The Balaban J connectivity index is 1.75. The Bertz CT molecular complexity index is 741. The predicted octanol–water partition coefficient (Wildman–Crippen LogP) is 4.42. The van der Waals surface area contributed by atoms with Crippen LogP contribution < -0.4 is 0 Å². The van der Waals surface area contributed by atoms with Gasteiger partial charge < -0.3 is 4.90 Å². The van der Waals surface area contributed by atoms with Gasteiger partial charge in [-0.05, 0) is 42.9 Å². The molecule has 0 N–H and O–H groups in total. The summed E-state index contributed by atoms with van der Waals surface area (Å²) in [7, 11) is 1.65. The fourth-order valence-electron chi connectivity index (χ4n) is 2.98. The van der Waals surface area contributed by atoms with Crippen LogP contribution in [0, 0.1) is 17.6 Å². The molecule has 0 saturated heterocycles. The van der Waals surface area contributed by atoms with Gasteiger partial charge in [0, 0.05) is 30.1 Å². The number of hydrogen-bond donors (Lipinski definition) is 0. The van der Waals surface area contributed by atoms with Gasteiger partial charge in [-0.25, -0.2) is 8.78 Å². The van der Waals surface area contributed by atoms with E-state index in [1.54, 1.807) is 18.4 Å². The highest BCUT2D eigenvalue weighted by Crippen LogP contribution is 2.32. The third kappa shape index (κ3) is 3.44. The Morgan fingerprint density at radius 2 is 2.13 bits per heavy atom. The molecular formula is C18H19F2NOS. The van der Waals surface area contributed by atoms with Crippen molar-refractivity contribution in [2.24, 2.45) is 5.92 Å². The van der Waals surface area contributed by atoms with Gasteiger partial charge in [-0.2, -0.15) is 0 Å². The number of rotatable bonds is 3. The van der Waals surface area contributed by atoms with Crippen molar-refractivity contribution in [3.8, 4) is 0 Å². The van der Waals surface area contributed by atoms with Crippen molar-refractivity contribution in [3.05, 3.63) is 56.8 Å². The molecule has 23 heavy (non-hydrogen) atoms. The van der Waals surface area contributed by atoms with E-state index >= 15 is 0 Å². The van der Waals surface area contributed by atoms with Gasteiger partial charge in [0.15, 0.2) is 0 Å². The first-order chi connectivity index (χ1) is 10.9. The van der Waals surface area contributed by atoms with Crippen molar-refractivity contribution in [1.29, 1.82) is 0 Å². The Labute approximate surface area is 138 Å². The molecule has 2 aromatic rings. The summed E-state index contributed by atoms with van der Waals surface area (Å²) in [6.07, 6.45) is 3.22. The molecule has 1 atom stereocenters. The van der Waals surface area contributed by atoms with E-state index in [0.717, 1.165) is 25.3 Å². The van der Waals surface area contributed by atoms with E-state index in [9.17, 15) is 13.6 Å². The summed E-state index contributed by atoms with van der Waals surface area (Å²) < 4.78 is 26.7. The Morgan fingerprint density at radius 3 is 2.87 bits per heavy atom. The highest BCUT2D eigenvalue weighted by atomic mass is 32.1. The third-order valence-corrected chi connectivity index (χ3v) is 5.53. The first kappa shape index (κ1) is 16.1. The summed E-state index contributed by atoms with van der Waals surface area (Å²) in [5, 5.41) is 0. The molecule has 0 aliphatic heterocycles. The number of aryl methyl sites for hydroxylation is 1. The van der Waals surface area contributed by atoms with Gasteiger partial charge in [0.25, 0.3) is 5.91 Å². The van der Waals surface area contributed by atoms with E-state index in [1.165, 1.54) is 27.5 Å². The number of halogens is 2. The zero-order chi connectivity index (χ0) is 16.6. The monoisotopic (exact) mass is 335 g/mol. The highest BCUT2D eigenvalue weighted by Gasteiger charge is 2.22. The fourth-order valence-corrected chi connectivity index (χ4v) is 4.18. The Morgan fingerprint density at radius 1 is 1.35 bits per heavy atom. The number of thiophene rings is 1. The molecule has 3 rings (SSSR count). The van der Waals surface area contributed by atoms with Crippen molar-refractivity contribution in [1.82, 2.24) is 4.90 Å². The lowest BCUT2D eigenvalue weighted by Crippen LogP contribution is -2.25. The summed E-state index contributed by atoms with van der Waals surface area (Å²) in [6.45, 7) is 2.36. The van der Waals surface area contributed by atoms with Crippen LogP contribution in [0.5, 0.6) is 0 Å². The van der Waals surface area contributed by atoms with Crippen LogP contribution in [-0.2, 0) is 19.4 Å². The fraction of sp³-hybridized carbons (Fsp3) is 0.389. The SMILES string of the molecule is CC1CCc2sc(C(=O)N(C)Cc3ccc(F)cc3F)cc2C1. The Hall–Kier alpha value is -1.75. The lowest BCUT2D eigenvalue weighted by Gasteiger charge is -2.16. The molecule has 1 aliphatic carbocycles. The maximum atomic E-state index is 13.7. The van der Waals surface area contributed by atoms with Crippen molar-refractivity contribution in [2.45, 2.75) is 32.7 Å². The maximum absolute atomic E-state index is 13.7. The molecule has 0 fully saturated rings. The predicted molar refractivity (Wildman–Crippen MR) is 87.7 cm³/mol. The molecule has 0 saturated carbocycles. The number of amides is 1. The van der Waals surface area contributed by atoms with Gasteiger partial charge in [-0.3, -0.25) is 4.79 Å². The quantitative estimate of drug-likeness (QED) is 0.813. The average molecular weight is 335 g/mol. The molecule has 1 aromatic carbocycles. The molecule has 1 aliphatic rings. The van der Waals surface area contributed by atoms with Crippen LogP contribution in [0.1, 0.15) is 39.0 Å². The number of carbonyl (C=O) groups excluding carboxylic acids is 1.